The second-order valence-electron chi connectivity index (χ2n) is 5.29. The SMILES string of the molecule is CC(C)N([C]N(C(C)C)C(C)C)C(C)C.[C]=O.[C]=O.[Cl][Rh]. The number of carbonyl (C=O) groups excluding carboxylic acids is 2. The van der Waals surface area contributed by atoms with Gasteiger partial charge in [-0.25, -0.2) is 0 Å². The molecule has 6 heteroatoms. The van der Waals surface area contributed by atoms with Crippen molar-refractivity contribution in [1.82, 2.24) is 9.80 Å². The summed E-state index contributed by atoms with van der Waals surface area (Å²) in [7, 11) is 4.53. The first-order valence-electron chi connectivity index (χ1n) is 6.63. The van der Waals surface area contributed by atoms with Gasteiger partial charge in [0.05, 0.1) is 0 Å². The Bertz CT molecular complexity index is 170. The van der Waals surface area contributed by atoms with E-state index in [1.54, 1.807) is 0 Å². The van der Waals surface area contributed by atoms with E-state index < -0.39 is 0 Å². The molecule has 0 spiro atoms. The molecule has 0 atom stereocenters. The molecule has 0 aliphatic heterocycles. The molecule has 4 nitrogen and oxygen atoms in total. The molecule has 0 fully saturated rings. The summed E-state index contributed by atoms with van der Waals surface area (Å²) >= 11 is 2.02. The Morgan fingerprint density at radius 2 is 0.810 bits per heavy atom. The molecule has 0 saturated carbocycles. The zero-order chi connectivity index (χ0) is 18.2. The molecular formula is C15H28ClN2O2Rh. The molecule has 0 heterocycles. The molecule has 0 rings (SSSR count). The molecule has 0 aromatic carbocycles. The fourth-order valence-electron chi connectivity index (χ4n) is 1.79. The molecule has 0 N–H and O–H groups in total. The van der Waals surface area contributed by atoms with Gasteiger partial charge in [0.25, 0.3) is 13.6 Å². The van der Waals surface area contributed by atoms with E-state index in [0.717, 1.165) is 0 Å². The van der Waals surface area contributed by atoms with Gasteiger partial charge < -0.3 is 0 Å². The van der Waals surface area contributed by atoms with Crippen LogP contribution in [0.3, 0.4) is 0 Å². The van der Waals surface area contributed by atoms with Gasteiger partial charge in [0.15, 0.2) is 0 Å². The van der Waals surface area contributed by atoms with Crippen molar-refractivity contribution in [2.24, 2.45) is 0 Å². The first kappa shape index (κ1) is 29.2. The van der Waals surface area contributed by atoms with Crippen molar-refractivity contribution < 1.29 is 26.9 Å². The number of hydrogen-bond donors (Lipinski definition) is 0. The van der Waals surface area contributed by atoms with Crippen molar-refractivity contribution in [1.29, 1.82) is 0 Å². The van der Waals surface area contributed by atoms with E-state index in [9.17, 15) is 0 Å². The summed E-state index contributed by atoms with van der Waals surface area (Å²) < 4.78 is 0. The zero-order valence-electron chi connectivity index (χ0n) is 14.2. The first-order valence-corrected chi connectivity index (χ1v) is 8.74. The van der Waals surface area contributed by atoms with E-state index in [-0.39, 0.29) is 0 Å². The van der Waals surface area contributed by atoms with E-state index in [4.69, 9.17) is 9.59 Å². The Kier molecular flexibility index (Phi) is 28.1. The average Bonchev–Trinajstić information content (AvgIpc) is 2.44. The third kappa shape index (κ3) is 16.4. The van der Waals surface area contributed by atoms with Crippen LogP contribution >= 0.6 is 9.69 Å². The fourth-order valence-corrected chi connectivity index (χ4v) is 1.79. The van der Waals surface area contributed by atoms with Crippen molar-refractivity contribution in [3.05, 3.63) is 6.67 Å². The molecule has 0 aliphatic carbocycles. The van der Waals surface area contributed by atoms with Crippen LogP contribution in [0.2, 0.25) is 0 Å². The van der Waals surface area contributed by atoms with Gasteiger partial charge in [-0.15, -0.1) is 0 Å². The van der Waals surface area contributed by atoms with Gasteiger partial charge >= 0.3 is 27.0 Å². The Balaban J connectivity index is -0.000000212. The second-order valence-corrected chi connectivity index (χ2v) is 5.29. The summed E-state index contributed by atoms with van der Waals surface area (Å²) in [5, 5.41) is 0. The quantitative estimate of drug-likeness (QED) is 0.502. The van der Waals surface area contributed by atoms with Crippen LogP contribution in [0, 0.1) is 6.67 Å². The molecule has 0 aromatic heterocycles. The van der Waals surface area contributed by atoms with Crippen LogP contribution in [0.4, 0.5) is 0 Å². The van der Waals surface area contributed by atoms with Crippen LogP contribution in [-0.4, -0.2) is 47.5 Å². The van der Waals surface area contributed by atoms with Crippen molar-refractivity contribution in [2.45, 2.75) is 79.6 Å². The second kappa shape index (κ2) is 20.2. The fraction of sp³-hybridized carbons (Fsp3) is 0.800. The third-order valence-corrected chi connectivity index (χ3v) is 2.46. The Morgan fingerprint density at radius 1 is 0.667 bits per heavy atom. The Labute approximate surface area is 146 Å². The Hall–Kier alpha value is 0.173. The monoisotopic (exact) mass is 406 g/mol. The summed E-state index contributed by atoms with van der Waals surface area (Å²) in [4.78, 5) is 19.6. The summed E-state index contributed by atoms with van der Waals surface area (Å²) in [6, 6.07) is 2.02. The topological polar surface area (TPSA) is 40.6 Å². The van der Waals surface area contributed by atoms with Crippen molar-refractivity contribution >= 4 is 23.3 Å². The average molecular weight is 407 g/mol. The molecule has 6 radical (unpaired) electrons. The molecule has 0 amide bonds. The van der Waals surface area contributed by atoms with Crippen LogP contribution in [0.1, 0.15) is 55.4 Å². The number of halogens is 1. The van der Waals surface area contributed by atoms with Gasteiger partial charge in [0.2, 0.25) is 0 Å². The predicted molar refractivity (Wildman–Crippen MR) is 84.7 cm³/mol. The van der Waals surface area contributed by atoms with Crippen LogP contribution in [0.5, 0.6) is 0 Å². The van der Waals surface area contributed by atoms with E-state index in [1.165, 1.54) is 0 Å². The molecule has 0 bridgehead atoms. The van der Waals surface area contributed by atoms with Crippen LogP contribution in [-0.2, 0) is 26.9 Å². The van der Waals surface area contributed by atoms with Gasteiger partial charge in [-0.05, 0) is 55.4 Å². The predicted octanol–water partition coefficient (Wildman–Crippen LogP) is 3.11. The van der Waals surface area contributed by atoms with Gasteiger partial charge in [-0.1, -0.05) is 0 Å². The van der Waals surface area contributed by atoms with Crippen molar-refractivity contribution in [2.75, 3.05) is 0 Å². The summed E-state index contributed by atoms with van der Waals surface area (Å²) in [5.74, 6) is 0. The van der Waals surface area contributed by atoms with Crippen LogP contribution < -0.4 is 0 Å². The van der Waals surface area contributed by atoms with Crippen molar-refractivity contribution in [3.8, 4) is 0 Å². The van der Waals surface area contributed by atoms with E-state index in [2.05, 4.69) is 95.1 Å². The standard InChI is InChI=1S/C13H28N2.2CO.ClH.Rh/c1-10(2)14(11(3)4)9-15(12(5)6)13(7)8;2*1-2;;/h10-13H,1-8H3;;;1H;/q;;;;+1/p-1. The minimum atomic E-state index is 0.505. The van der Waals surface area contributed by atoms with E-state index in [1.807, 2.05) is 17.3 Å². The normalized spacial score (nSPS) is 10.1. The first-order chi connectivity index (χ1) is 9.77. The molecular weight excluding hydrogens is 379 g/mol. The van der Waals surface area contributed by atoms with Gasteiger partial charge in [0, 0.05) is 24.2 Å². The summed E-state index contributed by atoms with van der Waals surface area (Å²) in [5.41, 5.74) is 0. The van der Waals surface area contributed by atoms with Gasteiger partial charge in [-0.3, -0.25) is 19.4 Å². The maximum atomic E-state index is 7.50. The summed E-state index contributed by atoms with van der Waals surface area (Å²) in [6.45, 7) is 30.2. The van der Waals surface area contributed by atoms with Gasteiger partial charge in [0.1, 0.15) is 6.67 Å². The number of rotatable bonds is 6. The van der Waals surface area contributed by atoms with Crippen molar-refractivity contribution in [3.63, 3.8) is 0 Å². The maximum absolute atomic E-state index is 7.50. The molecule has 0 unspecified atom stereocenters. The van der Waals surface area contributed by atoms with Crippen LogP contribution in [0.25, 0.3) is 0 Å². The molecule has 0 aromatic rings. The molecule has 21 heavy (non-hydrogen) atoms. The number of hydrogen-bond acceptors (Lipinski definition) is 4. The minimum absolute atomic E-state index is 0.505. The van der Waals surface area contributed by atoms with E-state index >= 15 is 0 Å². The molecule has 0 aliphatic rings. The van der Waals surface area contributed by atoms with Gasteiger partial charge in [-0.2, -0.15) is 0 Å². The van der Waals surface area contributed by atoms with E-state index in [0.29, 0.717) is 24.2 Å². The Morgan fingerprint density at radius 3 is 0.905 bits per heavy atom. The molecule has 0 saturated heterocycles. The van der Waals surface area contributed by atoms with Crippen LogP contribution in [0.15, 0.2) is 0 Å². The zero-order valence-corrected chi connectivity index (χ0v) is 16.6. The summed E-state index contributed by atoms with van der Waals surface area (Å²) in [6.07, 6.45) is 0. The third-order valence-electron chi connectivity index (χ3n) is 2.46. The number of nitrogens with zero attached hydrogens (tertiary/aromatic N) is 2. The molecule has 126 valence electrons.